The Morgan fingerprint density at radius 1 is 1.35 bits per heavy atom. The van der Waals surface area contributed by atoms with Crippen molar-refractivity contribution in [2.24, 2.45) is 5.84 Å². The Balaban J connectivity index is 2.28. The molecular formula is C15H21BrN4. The number of hydrogen-bond acceptors (Lipinski definition) is 3. The molecule has 4 nitrogen and oxygen atoms in total. The van der Waals surface area contributed by atoms with Crippen molar-refractivity contribution in [1.82, 2.24) is 15.2 Å². The fraction of sp³-hybridized carbons (Fsp3) is 0.400. The highest BCUT2D eigenvalue weighted by atomic mass is 79.9. The zero-order valence-corrected chi connectivity index (χ0v) is 13.7. The number of hydrogen-bond donors (Lipinski definition) is 2. The molecule has 0 amide bonds. The first-order valence-electron chi connectivity index (χ1n) is 6.80. The molecule has 2 aromatic rings. The Morgan fingerprint density at radius 2 is 2.10 bits per heavy atom. The fourth-order valence-corrected chi connectivity index (χ4v) is 2.94. The van der Waals surface area contributed by atoms with Gasteiger partial charge in [0.2, 0.25) is 0 Å². The fourth-order valence-electron chi connectivity index (χ4n) is 2.37. The minimum Gasteiger partial charge on any atom is -0.271 e. The predicted octanol–water partition coefficient (Wildman–Crippen LogP) is 3.03. The molecule has 2 rings (SSSR count). The molecule has 3 N–H and O–H groups in total. The van der Waals surface area contributed by atoms with Crippen LogP contribution in [0, 0.1) is 13.8 Å². The Bertz CT molecular complexity index is 592. The highest BCUT2D eigenvalue weighted by Gasteiger charge is 2.19. The molecule has 108 valence electrons. The molecule has 0 aliphatic rings. The van der Waals surface area contributed by atoms with Crippen LogP contribution in [0.1, 0.15) is 35.3 Å². The van der Waals surface area contributed by atoms with Crippen molar-refractivity contribution in [2.75, 3.05) is 0 Å². The molecule has 0 bridgehead atoms. The number of aryl methyl sites for hydroxylation is 3. The van der Waals surface area contributed by atoms with Gasteiger partial charge in [-0.3, -0.25) is 16.0 Å². The summed E-state index contributed by atoms with van der Waals surface area (Å²) in [4.78, 5) is 0. The lowest BCUT2D eigenvalue weighted by Crippen LogP contribution is -2.31. The third-order valence-electron chi connectivity index (χ3n) is 3.68. The molecule has 0 aliphatic carbocycles. The maximum atomic E-state index is 5.76. The van der Waals surface area contributed by atoms with Gasteiger partial charge in [0, 0.05) is 6.54 Å². The van der Waals surface area contributed by atoms with Gasteiger partial charge in [-0.15, -0.1) is 0 Å². The van der Waals surface area contributed by atoms with E-state index < -0.39 is 0 Å². The molecule has 20 heavy (non-hydrogen) atoms. The summed E-state index contributed by atoms with van der Waals surface area (Å²) >= 11 is 3.56. The maximum absolute atomic E-state index is 5.76. The van der Waals surface area contributed by atoms with Gasteiger partial charge in [-0.1, -0.05) is 18.2 Å². The van der Waals surface area contributed by atoms with E-state index in [1.165, 1.54) is 16.7 Å². The second-order valence-electron chi connectivity index (χ2n) is 5.04. The van der Waals surface area contributed by atoms with E-state index in [-0.39, 0.29) is 6.04 Å². The van der Waals surface area contributed by atoms with Crippen LogP contribution in [0.2, 0.25) is 0 Å². The number of hydrazine groups is 1. The molecule has 0 aliphatic heterocycles. The Labute approximate surface area is 128 Å². The number of benzene rings is 1. The number of nitrogens with zero attached hydrogens (tertiary/aromatic N) is 2. The van der Waals surface area contributed by atoms with Crippen LogP contribution in [0.4, 0.5) is 0 Å². The molecule has 1 aromatic heterocycles. The number of halogens is 1. The summed E-state index contributed by atoms with van der Waals surface area (Å²) in [5, 5.41) is 4.35. The van der Waals surface area contributed by atoms with Gasteiger partial charge in [0.25, 0.3) is 0 Å². The van der Waals surface area contributed by atoms with Crippen LogP contribution in [0.15, 0.2) is 28.9 Å². The standard InChI is InChI=1S/C15H21BrN4/c1-4-20-15(13(16)9-18-20)14(19-17)8-12-6-5-10(2)11(3)7-12/h5-7,9,14,19H,4,8,17H2,1-3H3. The summed E-state index contributed by atoms with van der Waals surface area (Å²) in [6, 6.07) is 6.58. The van der Waals surface area contributed by atoms with E-state index in [1.54, 1.807) is 0 Å². The first-order chi connectivity index (χ1) is 9.56. The van der Waals surface area contributed by atoms with Crippen LogP contribution >= 0.6 is 15.9 Å². The second-order valence-corrected chi connectivity index (χ2v) is 5.89. The highest BCUT2D eigenvalue weighted by molar-refractivity contribution is 9.10. The van der Waals surface area contributed by atoms with Gasteiger partial charge >= 0.3 is 0 Å². The summed E-state index contributed by atoms with van der Waals surface area (Å²) in [5.74, 6) is 5.76. The maximum Gasteiger partial charge on any atom is 0.0712 e. The lowest BCUT2D eigenvalue weighted by atomic mass is 9.99. The molecule has 0 radical (unpaired) electrons. The van der Waals surface area contributed by atoms with Crippen molar-refractivity contribution >= 4 is 15.9 Å². The van der Waals surface area contributed by atoms with E-state index >= 15 is 0 Å². The van der Waals surface area contributed by atoms with Crippen LogP contribution in [-0.4, -0.2) is 9.78 Å². The quantitative estimate of drug-likeness (QED) is 0.651. The van der Waals surface area contributed by atoms with Crippen molar-refractivity contribution in [3.63, 3.8) is 0 Å². The topological polar surface area (TPSA) is 55.9 Å². The number of rotatable bonds is 5. The Hall–Kier alpha value is -1.17. The lowest BCUT2D eigenvalue weighted by molar-refractivity contribution is 0.489. The van der Waals surface area contributed by atoms with Crippen LogP contribution in [0.5, 0.6) is 0 Å². The summed E-state index contributed by atoms with van der Waals surface area (Å²) in [5.41, 5.74) is 7.89. The number of nitrogens with one attached hydrogen (secondary N) is 1. The zero-order valence-electron chi connectivity index (χ0n) is 12.2. The number of nitrogens with two attached hydrogens (primary N) is 1. The van der Waals surface area contributed by atoms with Crippen molar-refractivity contribution in [3.05, 3.63) is 51.3 Å². The van der Waals surface area contributed by atoms with Gasteiger partial charge in [-0.25, -0.2) is 0 Å². The van der Waals surface area contributed by atoms with Gasteiger partial charge < -0.3 is 0 Å². The molecule has 1 aromatic carbocycles. The molecule has 0 saturated heterocycles. The largest absolute Gasteiger partial charge is 0.271 e. The van der Waals surface area contributed by atoms with Gasteiger partial charge in [0.15, 0.2) is 0 Å². The van der Waals surface area contributed by atoms with E-state index in [2.05, 4.69) is 65.4 Å². The third kappa shape index (κ3) is 3.11. The van der Waals surface area contributed by atoms with Crippen LogP contribution < -0.4 is 11.3 Å². The van der Waals surface area contributed by atoms with E-state index in [1.807, 2.05) is 10.9 Å². The minimum atomic E-state index is 0.0360. The molecule has 1 atom stereocenters. The lowest BCUT2D eigenvalue weighted by Gasteiger charge is -2.18. The Morgan fingerprint density at radius 3 is 2.70 bits per heavy atom. The highest BCUT2D eigenvalue weighted by Crippen LogP contribution is 2.26. The van der Waals surface area contributed by atoms with Gasteiger partial charge in [-0.2, -0.15) is 5.10 Å². The molecule has 0 fully saturated rings. The van der Waals surface area contributed by atoms with E-state index in [0.717, 1.165) is 23.1 Å². The Kier molecular flexibility index (Phi) is 4.96. The SMILES string of the molecule is CCn1ncc(Br)c1C(Cc1ccc(C)c(C)c1)NN. The number of aromatic nitrogens is 2. The average Bonchev–Trinajstić information content (AvgIpc) is 2.81. The molecule has 1 heterocycles. The first-order valence-corrected chi connectivity index (χ1v) is 7.59. The molecular weight excluding hydrogens is 316 g/mol. The summed E-state index contributed by atoms with van der Waals surface area (Å²) in [6.45, 7) is 7.16. The normalized spacial score (nSPS) is 12.7. The van der Waals surface area contributed by atoms with Gasteiger partial charge in [0.1, 0.15) is 0 Å². The van der Waals surface area contributed by atoms with Crippen molar-refractivity contribution in [2.45, 2.75) is 39.8 Å². The molecule has 0 spiro atoms. The van der Waals surface area contributed by atoms with Crippen LogP contribution in [-0.2, 0) is 13.0 Å². The summed E-state index contributed by atoms with van der Waals surface area (Å²) < 4.78 is 2.96. The minimum absolute atomic E-state index is 0.0360. The zero-order chi connectivity index (χ0) is 14.7. The monoisotopic (exact) mass is 336 g/mol. The summed E-state index contributed by atoms with van der Waals surface area (Å²) in [6.07, 6.45) is 2.66. The van der Waals surface area contributed by atoms with Crippen molar-refractivity contribution < 1.29 is 0 Å². The van der Waals surface area contributed by atoms with Gasteiger partial charge in [-0.05, 0) is 59.8 Å². The molecule has 1 unspecified atom stereocenters. The average molecular weight is 337 g/mol. The van der Waals surface area contributed by atoms with E-state index in [0.29, 0.717) is 0 Å². The first kappa shape index (κ1) is 15.2. The van der Waals surface area contributed by atoms with Crippen LogP contribution in [0.3, 0.4) is 0 Å². The molecule has 0 saturated carbocycles. The predicted molar refractivity (Wildman–Crippen MR) is 85.3 cm³/mol. The van der Waals surface area contributed by atoms with Crippen LogP contribution in [0.25, 0.3) is 0 Å². The third-order valence-corrected chi connectivity index (χ3v) is 4.29. The van der Waals surface area contributed by atoms with Gasteiger partial charge in [0.05, 0.1) is 22.4 Å². The van der Waals surface area contributed by atoms with E-state index in [9.17, 15) is 0 Å². The second kappa shape index (κ2) is 6.52. The molecule has 5 heteroatoms. The smallest absolute Gasteiger partial charge is 0.0712 e. The van der Waals surface area contributed by atoms with E-state index in [4.69, 9.17) is 5.84 Å². The van der Waals surface area contributed by atoms with Crippen molar-refractivity contribution in [1.29, 1.82) is 0 Å². The summed E-state index contributed by atoms with van der Waals surface area (Å²) in [7, 11) is 0. The van der Waals surface area contributed by atoms with Crippen molar-refractivity contribution in [3.8, 4) is 0 Å².